The maximum Gasteiger partial charge on any atom is 0.248 e. The summed E-state index contributed by atoms with van der Waals surface area (Å²) in [6.45, 7) is 1.12. The molecule has 1 fully saturated rings. The first kappa shape index (κ1) is 13.9. The molecule has 3 N–H and O–H groups in total. The van der Waals surface area contributed by atoms with E-state index < -0.39 is 12.1 Å². The van der Waals surface area contributed by atoms with Gasteiger partial charge in [0.25, 0.3) is 0 Å². The van der Waals surface area contributed by atoms with Crippen molar-refractivity contribution in [3.63, 3.8) is 0 Å². The minimum Gasteiger partial charge on any atom is -0.366 e. The summed E-state index contributed by atoms with van der Waals surface area (Å²) in [7, 11) is 0. The van der Waals surface area contributed by atoms with E-state index in [0.29, 0.717) is 18.5 Å². The number of hydrogen-bond donors (Lipinski definition) is 2. The molecule has 1 aromatic carbocycles. The SMILES string of the molecule is Cl.NC(=O)c1ccccc1C1CCNCC1F. The fourth-order valence-corrected chi connectivity index (χ4v) is 2.22. The van der Waals surface area contributed by atoms with Gasteiger partial charge in [-0.2, -0.15) is 0 Å². The Bertz CT molecular complexity index is 400. The molecule has 94 valence electrons. The highest BCUT2D eigenvalue weighted by atomic mass is 35.5. The summed E-state index contributed by atoms with van der Waals surface area (Å²) in [5.74, 6) is -0.703. The van der Waals surface area contributed by atoms with Crippen LogP contribution in [0.5, 0.6) is 0 Å². The fourth-order valence-electron chi connectivity index (χ4n) is 2.22. The molecule has 2 atom stereocenters. The lowest BCUT2D eigenvalue weighted by molar-refractivity contribution is 0.0997. The molecule has 1 heterocycles. The summed E-state index contributed by atoms with van der Waals surface area (Å²) < 4.78 is 13.8. The van der Waals surface area contributed by atoms with Crippen LogP contribution < -0.4 is 11.1 Å². The van der Waals surface area contributed by atoms with E-state index >= 15 is 0 Å². The zero-order valence-electron chi connectivity index (χ0n) is 9.36. The minimum atomic E-state index is -0.950. The maximum absolute atomic E-state index is 13.8. The van der Waals surface area contributed by atoms with Gasteiger partial charge in [0.2, 0.25) is 5.91 Å². The van der Waals surface area contributed by atoms with Crippen molar-refractivity contribution in [1.82, 2.24) is 5.32 Å². The van der Waals surface area contributed by atoms with Crippen LogP contribution in [0.1, 0.15) is 28.3 Å². The molecule has 3 nitrogen and oxygen atoms in total. The van der Waals surface area contributed by atoms with Gasteiger partial charge in [-0.15, -0.1) is 12.4 Å². The Hall–Kier alpha value is -1.13. The van der Waals surface area contributed by atoms with Gasteiger partial charge in [0, 0.05) is 18.0 Å². The Labute approximate surface area is 106 Å². The molecule has 1 aromatic rings. The second-order valence-electron chi connectivity index (χ2n) is 4.07. The maximum atomic E-state index is 13.8. The van der Waals surface area contributed by atoms with Gasteiger partial charge in [-0.25, -0.2) is 4.39 Å². The Kier molecular flexibility index (Phi) is 4.90. The number of nitrogens with two attached hydrogens (primary N) is 1. The zero-order valence-corrected chi connectivity index (χ0v) is 10.2. The molecule has 0 bridgehead atoms. The average Bonchev–Trinajstić information content (AvgIpc) is 2.29. The number of amides is 1. The van der Waals surface area contributed by atoms with Gasteiger partial charge in [-0.1, -0.05) is 18.2 Å². The number of alkyl halides is 1. The molecule has 0 aliphatic carbocycles. The topological polar surface area (TPSA) is 55.1 Å². The van der Waals surface area contributed by atoms with E-state index in [-0.39, 0.29) is 18.3 Å². The Morgan fingerprint density at radius 2 is 2.12 bits per heavy atom. The average molecular weight is 259 g/mol. The van der Waals surface area contributed by atoms with Gasteiger partial charge in [0.15, 0.2) is 0 Å². The van der Waals surface area contributed by atoms with Crippen LogP contribution in [0.3, 0.4) is 0 Å². The van der Waals surface area contributed by atoms with E-state index in [4.69, 9.17) is 5.73 Å². The van der Waals surface area contributed by atoms with Crippen LogP contribution in [0.25, 0.3) is 0 Å². The lowest BCUT2D eigenvalue weighted by Crippen LogP contribution is -2.37. The molecule has 5 heteroatoms. The van der Waals surface area contributed by atoms with Crippen LogP contribution in [0, 0.1) is 0 Å². The molecule has 1 aliphatic rings. The van der Waals surface area contributed by atoms with Gasteiger partial charge in [0.1, 0.15) is 6.17 Å². The lowest BCUT2D eigenvalue weighted by atomic mass is 9.85. The number of halogens is 2. The highest BCUT2D eigenvalue weighted by Gasteiger charge is 2.28. The number of nitrogens with one attached hydrogen (secondary N) is 1. The third kappa shape index (κ3) is 2.96. The summed E-state index contributed by atoms with van der Waals surface area (Å²) in [4.78, 5) is 11.3. The van der Waals surface area contributed by atoms with Crippen LogP contribution >= 0.6 is 12.4 Å². The van der Waals surface area contributed by atoms with Gasteiger partial charge in [-0.3, -0.25) is 4.79 Å². The van der Waals surface area contributed by atoms with E-state index in [1.165, 1.54) is 0 Å². The summed E-state index contributed by atoms with van der Waals surface area (Å²) in [5.41, 5.74) is 6.47. The zero-order chi connectivity index (χ0) is 11.5. The van der Waals surface area contributed by atoms with Crippen molar-refractivity contribution in [3.8, 4) is 0 Å². The first-order valence-electron chi connectivity index (χ1n) is 5.43. The standard InChI is InChI=1S/C12H15FN2O.ClH/c13-11-7-15-6-5-9(11)8-3-1-2-4-10(8)12(14)16;/h1-4,9,11,15H,5-7H2,(H2,14,16);1H. The van der Waals surface area contributed by atoms with Crippen LogP contribution in [0.15, 0.2) is 24.3 Å². The van der Waals surface area contributed by atoms with Crippen LogP contribution in [0.2, 0.25) is 0 Å². The third-order valence-corrected chi connectivity index (χ3v) is 3.03. The third-order valence-electron chi connectivity index (χ3n) is 3.03. The van der Waals surface area contributed by atoms with Gasteiger partial charge in [0.05, 0.1) is 0 Å². The number of piperidine rings is 1. The van der Waals surface area contributed by atoms with Crippen molar-refractivity contribution < 1.29 is 9.18 Å². The van der Waals surface area contributed by atoms with Crippen LogP contribution in [0.4, 0.5) is 4.39 Å². The first-order chi connectivity index (χ1) is 7.70. The largest absolute Gasteiger partial charge is 0.366 e. The minimum absolute atomic E-state index is 0. The number of carbonyl (C=O) groups excluding carboxylic acids is 1. The molecule has 0 radical (unpaired) electrons. The van der Waals surface area contributed by atoms with Crippen molar-refractivity contribution in [1.29, 1.82) is 0 Å². The summed E-state index contributed by atoms with van der Waals surface area (Å²) in [6, 6.07) is 7.02. The normalized spacial score (nSPS) is 23.8. The van der Waals surface area contributed by atoms with Gasteiger partial charge in [-0.05, 0) is 24.6 Å². The number of benzene rings is 1. The number of carbonyl (C=O) groups is 1. The summed E-state index contributed by atoms with van der Waals surface area (Å²) in [5, 5.41) is 2.99. The molecule has 1 aliphatic heterocycles. The molecule has 2 unspecified atom stereocenters. The van der Waals surface area contributed by atoms with E-state index in [1.807, 2.05) is 6.07 Å². The monoisotopic (exact) mass is 258 g/mol. The second-order valence-corrected chi connectivity index (χ2v) is 4.07. The van der Waals surface area contributed by atoms with Crippen molar-refractivity contribution in [2.45, 2.75) is 18.5 Å². The van der Waals surface area contributed by atoms with E-state index in [9.17, 15) is 9.18 Å². The highest BCUT2D eigenvalue weighted by molar-refractivity contribution is 5.94. The number of primary amides is 1. The Balaban J connectivity index is 0.00000144. The quantitative estimate of drug-likeness (QED) is 0.847. The van der Waals surface area contributed by atoms with Gasteiger partial charge < -0.3 is 11.1 Å². The molecular weight excluding hydrogens is 243 g/mol. The first-order valence-corrected chi connectivity index (χ1v) is 5.43. The molecule has 0 saturated carbocycles. The molecule has 1 saturated heterocycles. The van der Waals surface area contributed by atoms with Crippen molar-refractivity contribution in [2.75, 3.05) is 13.1 Å². The van der Waals surface area contributed by atoms with Crippen molar-refractivity contribution in [2.24, 2.45) is 5.73 Å². The molecule has 1 amide bonds. The van der Waals surface area contributed by atoms with Crippen molar-refractivity contribution in [3.05, 3.63) is 35.4 Å². The highest BCUT2D eigenvalue weighted by Crippen LogP contribution is 2.29. The van der Waals surface area contributed by atoms with Gasteiger partial charge >= 0.3 is 0 Å². The van der Waals surface area contributed by atoms with E-state index in [2.05, 4.69) is 5.32 Å². The number of hydrogen-bond acceptors (Lipinski definition) is 2. The smallest absolute Gasteiger partial charge is 0.248 e. The van der Waals surface area contributed by atoms with Crippen LogP contribution in [-0.2, 0) is 0 Å². The molecule has 17 heavy (non-hydrogen) atoms. The summed E-state index contributed by atoms with van der Waals surface area (Å²) in [6.07, 6.45) is -0.250. The molecule has 0 spiro atoms. The van der Waals surface area contributed by atoms with Crippen LogP contribution in [-0.4, -0.2) is 25.2 Å². The Morgan fingerprint density at radius 1 is 1.41 bits per heavy atom. The lowest BCUT2D eigenvalue weighted by Gasteiger charge is -2.28. The predicted octanol–water partition coefficient (Wildman–Crippen LogP) is 1.62. The summed E-state index contributed by atoms with van der Waals surface area (Å²) >= 11 is 0. The van der Waals surface area contributed by atoms with E-state index in [1.54, 1.807) is 18.2 Å². The predicted molar refractivity (Wildman–Crippen MR) is 67.3 cm³/mol. The molecule has 2 rings (SSSR count). The molecular formula is C12H16ClFN2O. The second kappa shape index (κ2) is 5.98. The molecule has 0 aromatic heterocycles. The van der Waals surface area contributed by atoms with E-state index in [0.717, 1.165) is 12.1 Å². The fraction of sp³-hybridized carbons (Fsp3) is 0.417. The van der Waals surface area contributed by atoms with Crippen molar-refractivity contribution >= 4 is 18.3 Å². The Morgan fingerprint density at radius 3 is 2.76 bits per heavy atom. The number of rotatable bonds is 2.